The largest absolute Gasteiger partial charge is 0.497 e. The molecule has 4 N–H and O–H groups in total. The van der Waals surface area contributed by atoms with Gasteiger partial charge in [0, 0.05) is 50.5 Å². The molecule has 0 spiro atoms. The average Bonchev–Trinajstić information content (AvgIpc) is 3.76. The number of nitrogens with zero attached hydrogens (tertiary/aromatic N) is 2. The van der Waals surface area contributed by atoms with E-state index in [1.165, 1.54) is 49.7 Å². The summed E-state index contributed by atoms with van der Waals surface area (Å²) in [6.45, 7) is 0. The van der Waals surface area contributed by atoms with Crippen LogP contribution in [0.1, 0.15) is 22.3 Å². The van der Waals surface area contributed by atoms with Crippen molar-refractivity contribution >= 4 is 50.2 Å². The molecule has 0 atom stereocenters. The molecule has 6 nitrogen and oxygen atoms in total. The maximum absolute atomic E-state index is 6.56. The number of fused-ring (bicyclic) bond motifs is 3. The number of ether oxygens (including phenoxy) is 2. The normalized spacial score (nSPS) is 11.0. The van der Waals surface area contributed by atoms with Gasteiger partial charge in [0.2, 0.25) is 0 Å². The van der Waals surface area contributed by atoms with Crippen molar-refractivity contribution in [3.05, 3.63) is 265 Å². The standard InChI is InChI=1S/C39H35N3O.C26H21NO/c1-43-36-25-23-34(24-26-36)42(33-20-15-30(16-21-33)29-13-18-32(40)19-14-29)35-22-17-31(12-11-28-7-3-2-4-8-28)38(27-35)37-9-5-6-10-39(37)41;1-28-22-14-11-19(12-15-22)17-20-13-16-26-24(18-20)23-9-5-6-10-25(23)27(26)21-7-3-2-4-8-21/h2-10,13-27H,11-12,40-41H2,1H3;2-16,18H,17H2,1H3. The molecule has 0 aliphatic rings. The van der Waals surface area contributed by atoms with E-state index < -0.39 is 0 Å². The quantitative estimate of drug-likeness (QED) is 0.113. The van der Waals surface area contributed by atoms with Crippen molar-refractivity contribution in [3.8, 4) is 39.4 Å². The number of nitrogens with two attached hydrogens (primary N) is 2. The van der Waals surface area contributed by atoms with Crippen molar-refractivity contribution in [2.45, 2.75) is 19.3 Å². The summed E-state index contributed by atoms with van der Waals surface area (Å²) in [5, 5.41) is 2.59. The topological polar surface area (TPSA) is 78.7 Å². The van der Waals surface area contributed by atoms with Crippen LogP contribution in [0, 0.1) is 0 Å². The van der Waals surface area contributed by atoms with Crippen LogP contribution in [0.25, 0.3) is 49.7 Å². The van der Waals surface area contributed by atoms with Gasteiger partial charge in [-0.15, -0.1) is 0 Å². The molecule has 1 aromatic heterocycles. The minimum absolute atomic E-state index is 0.758. The first-order valence-electron chi connectivity index (χ1n) is 24.0. The summed E-state index contributed by atoms with van der Waals surface area (Å²) < 4.78 is 13.1. The van der Waals surface area contributed by atoms with Gasteiger partial charge in [-0.3, -0.25) is 0 Å². The highest BCUT2D eigenvalue weighted by molar-refractivity contribution is 6.09. The predicted molar refractivity (Wildman–Crippen MR) is 298 cm³/mol. The highest BCUT2D eigenvalue weighted by atomic mass is 16.5. The van der Waals surface area contributed by atoms with Crippen LogP contribution in [0.3, 0.4) is 0 Å². The fourth-order valence-corrected chi connectivity index (χ4v) is 9.46. The van der Waals surface area contributed by atoms with Gasteiger partial charge in [-0.2, -0.15) is 0 Å². The minimum atomic E-state index is 0.758. The summed E-state index contributed by atoms with van der Waals surface area (Å²) in [6, 6.07) is 84.6. The summed E-state index contributed by atoms with van der Waals surface area (Å²) in [4.78, 5) is 2.27. The third-order valence-electron chi connectivity index (χ3n) is 13.1. The summed E-state index contributed by atoms with van der Waals surface area (Å²) in [7, 11) is 3.39. The molecule has 1 heterocycles. The molecular formula is C65H56N4O2. The zero-order chi connectivity index (χ0) is 48.5. The maximum atomic E-state index is 6.56. The number of aryl methyl sites for hydroxylation is 2. The van der Waals surface area contributed by atoms with E-state index >= 15 is 0 Å². The molecule has 0 fully saturated rings. The zero-order valence-corrected chi connectivity index (χ0v) is 40.1. The molecule has 71 heavy (non-hydrogen) atoms. The summed E-state index contributed by atoms with van der Waals surface area (Å²) in [6.07, 6.45) is 2.77. The second kappa shape index (κ2) is 21.1. The number of hydrogen-bond donors (Lipinski definition) is 2. The van der Waals surface area contributed by atoms with Gasteiger partial charge in [-0.25, -0.2) is 0 Å². The van der Waals surface area contributed by atoms with Crippen molar-refractivity contribution in [1.29, 1.82) is 0 Å². The molecule has 6 heteroatoms. The molecule has 11 aromatic rings. The van der Waals surface area contributed by atoms with Gasteiger partial charge in [-0.1, -0.05) is 133 Å². The Morgan fingerprint density at radius 2 is 0.958 bits per heavy atom. The third-order valence-corrected chi connectivity index (χ3v) is 13.1. The van der Waals surface area contributed by atoms with Crippen LogP contribution in [-0.2, 0) is 19.3 Å². The van der Waals surface area contributed by atoms with E-state index in [1.807, 2.05) is 48.5 Å². The van der Waals surface area contributed by atoms with Gasteiger partial charge in [0.05, 0.1) is 25.3 Å². The molecule has 10 aromatic carbocycles. The van der Waals surface area contributed by atoms with Crippen LogP contribution in [-0.4, -0.2) is 18.8 Å². The molecule has 0 bridgehead atoms. The van der Waals surface area contributed by atoms with Crippen LogP contribution in [0.5, 0.6) is 11.5 Å². The lowest BCUT2D eigenvalue weighted by atomic mass is 9.93. The number of benzene rings is 10. The average molecular weight is 925 g/mol. The van der Waals surface area contributed by atoms with Gasteiger partial charge in [0.25, 0.3) is 0 Å². The van der Waals surface area contributed by atoms with Crippen molar-refractivity contribution in [2.24, 2.45) is 0 Å². The molecule has 11 rings (SSSR count). The third kappa shape index (κ3) is 10.2. The van der Waals surface area contributed by atoms with Crippen LogP contribution in [0.4, 0.5) is 28.4 Å². The van der Waals surface area contributed by atoms with E-state index in [2.05, 4.69) is 204 Å². The van der Waals surface area contributed by atoms with Gasteiger partial charge >= 0.3 is 0 Å². The molecule has 0 aliphatic carbocycles. The Morgan fingerprint density at radius 1 is 0.408 bits per heavy atom. The first-order valence-corrected chi connectivity index (χ1v) is 24.0. The SMILES string of the molecule is COc1ccc(Cc2ccc3c(c2)c2ccccc2n3-c2ccccc2)cc1.COc1ccc(N(c2ccc(-c3ccc(N)cc3)cc2)c2ccc(CCc3ccccc3)c(-c3ccccc3N)c2)cc1. The summed E-state index contributed by atoms with van der Waals surface area (Å²) in [5.41, 5.74) is 30.4. The Bertz CT molecular complexity index is 3520. The first-order chi connectivity index (χ1) is 34.9. The Labute approximate surface area is 416 Å². The molecular weight excluding hydrogens is 869 g/mol. The van der Waals surface area contributed by atoms with Crippen molar-refractivity contribution in [2.75, 3.05) is 30.6 Å². The van der Waals surface area contributed by atoms with Crippen molar-refractivity contribution in [1.82, 2.24) is 4.57 Å². The number of para-hydroxylation sites is 3. The molecule has 0 unspecified atom stereocenters. The molecule has 0 radical (unpaired) electrons. The summed E-state index contributed by atoms with van der Waals surface area (Å²) >= 11 is 0. The second-order valence-corrected chi connectivity index (χ2v) is 17.7. The molecule has 0 saturated carbocycles. The summed E-state index contributed by atoms with van der Waals surface area (Å²) in [5.74, 6) is 1.71. The molecule has 348 valence electrons. The number of rotatable bonds is 13. The molecule has 0 amide bonds. The molecule has 0 saturated heterocycles. The second-order valence-electron chi connectivity index (χ2n) is 17.7. The maximum Gasteiger partial charge on any atom is 0.119 e. The van der Waals surface area contributed by atoms with Gasteiger partial charge in [0.1, 0.15) is 11.5 Å². The Kier molecular flexibility index (Phi) is 13.6. The van der Waals surface area contributed by atoms with Crippen LogP contribution >= 0.6 is 0 Å². The highest BCUT2D eigenvalue weighted by Gasteiger charge is 2.18. The van der Waals surface area contributed by atoms with E-state index in [0.29, 0.717) is 0 Å². The van der Waals surface area contributed by atoms with Gasteiger partial charge in [-0.05, 0) is 167 Å². The predicted octanol–water partition coefficient (Wildman–Crippen LogP) is 15.8. The molecule has 0 aliphatic heterocycles. The highest BCUT2D eigenvalue weighted by Crippen LogP contribution is 2.41. The van der Waals surface area contributed by atoms with Gasteiger partial charge < -0.3 is 30.4 Å². The van der Waals surface area contributed by atoms with Crippen molar-refractivity contribution < 1.29 is 9.47 Å². The van der Waals surface area contributed by atoms with E-state index in [-0.39, 0.29) is 0 Å². The van der Waals surface area contributed by atoms with E-state index in [1.54, 1.807) is 14.2 Å². The zero-order valence-electron chi connectivity index (χ0n) is 40.1. The monoisotopic (exact) mass is 924 g/mol. The minimum Gasteiger partial charge on any atom is -0.497 e. The van der Waals surface area contributed by atoms with Crippen LogP contribution in [0.2, 0.25) is 0 Å². The Morgan fingerprint density at radius 3 is 1.63 bits per heavy atom. The number of anilines is 5. The van der Waals surface area contributed by atoms with E-state index in [9.17, 15) is 0 Å². The number of aromatic nitrogens is 1. The Hall–Kier alpha value is -9.00. The van der Waals surface area contributed by atoms with Crippen LogP contribution in [0.15, 0.2) is 243 Å². The van der Waals surface area contributed by atoms with E-state index in [4.69, 9.17) is 20.9 Å². The lowest BCUT2D eigenvalue weighted by Crippen LogP contribution is -2.10. The smallest absolute Gasteiger partial charge is 0.119 e. The fraction of sp³-hybridized carbons (Fsp3) is 0.0769. The first kappa shape index (κ1) is 45.8. The van der Waals surface area contributed by atoms with Gasteiger partial charge in [0.15, 0.2) is 0 Å². The number of methoxy groups -OCH3 is 2. The van der Waals surface area contributed by atoms with E-state index in [0.717, 1.165) is 81.5 Å². The van der Waals surface area contributed by atoms with Crippen molar-refractivity contribution in [3.63, 3.8) is 0 Å². The lowest BCUT2D eigenvalue weighted by Gasteiger charge is -2.27. The lowest BCUT2D eigenvalue weighted by molar-refractivity contribution is 0.414. The van der Waals surface area contributed by atoms with Crippen LogP contribution < -0.4 is 25.8 Å². The fourth-order valence-electron chi connectivity index (χ4n) is 9.46. The number of hydrogen-bond acceptors (Lipinski definition) is 5. The Balaban J connectivity index is 0.000000179. The number of nitrogen functional groups attached to an aromatic ring is 2.